The maximum atomic E-state index is 4.67. The van der Waals surface area contributed by atoms with Gasteiger partial charge in [-0.3, -0.25) is 5.10 Å². The Labute approximate surface area is 102 Å². The summed E-state index contributed by atoms with van der Waals surface area (Å²) >= 11 is 0. The number of H-pyrrole nitrogens is 1. The van der Waals surface area contributed by atoms with Gasteiger partial charge in [-0.05, 0) is 17.0 Å². The molecule has 2 aromatic heterocycles. The Balaban J connectivity index is 2.78. The first kappa shape index (κ1) is 12.0. The van der Waals surface area contributed by atoms with E-state index in [2.05, 4.69) is 68.0 Å². The molecule has 92 valence electrons. The van der Waals surface area contributed by atoms with Crippen molar-refractivity contribution in [1.29, 1.82) is 0 Å². The van der Waals surface area contributed by atoms with Gasteiger partial charge in [0.25, 0.3) is 0 Å². The van der Waals surface area contributed by atoms with Gasteiger partial charge in [-0.15, -0.1) is 5.10 Å². The average Bonchev–Trinajstić information content (AvgIpc) is 2.59. The first-order valence-electron chi connectivity index (χ1n) is 5.92. The minimum absolute atomic E-state index is 0.00968. The molecule has 1 N–H and O–H groups in total. The summed E-state index contributed by atoms with van der Waals surface area (Å²) in [6.07, 6.45) is 0. The van der Waals surface area contributed by atoms with E-state index in [9.17, 15) is 0 Å². The number of hydrogen-bond donors (Lipinski definition) is 1. The average molecular weight is 232 g/mol. The van der Waals surface area contributed by atoms with E-state index in [1.807, 2.05) is 0 Å². The Morgan fingerprint density at radius 1 is 1.00 bits per heavy atom. The molecular formula is C13H20N4. The van der Waals surface area contributed by atoms with Crippen LogP contribution in [0.25, 0.3) is 11.2 Å². The fourth-order valence-corrected chi connectivity index (χ4v) is 1.93. The fraction of sp³-hybridized carbons (Fsp3) is 0.615. The van der Waals surface area contributed by atoms with Crippen molar-refractivity contribution in [3.05, 3.63) is 17.3 Å². The molecule has 2 heterocycles. The lowest BCUT2D eigenvalue weighted by Gasteiger charge is -2.28. The van der Waals surface area contributed by atoms with Crippen LogP contribution >= 0.6 is 0 Å². The second-order valence-corrected chi connectivity index (χ2v) is 6.57. The molecule has 0 aliphatic carbocycles. The third kappa shape index (κ3) is 2.16. The first-order valence-corrected chi connectivity index (χ1v) is 5.92. The van der Waals surface area contributed by atoms with E-state index < -0.39 is 0 Å². The highest BCUT2D eigenvalue weighted by molar-refractivity contribution is 5.71. The van der Waals surface area contributed by atoms with Crippen LogP contribution in [0.5, 0.6) is 0 Å². The van der Waals surface area contributed by atoms with E-state index >= 15 is 0 Å². The van der Waals surface area contributed by atoms with Crippen LogP contribution in [0.2, 0.25) is 0 Å². The van der Waals surface area contributed by atoms with Crippen molar-refractivity contribution in [3.8, 4) is 0 Å². The molecule has 0 saturated carbocycles. The predicted molar refractivity (Wildman–Crippen MR) is 69.1 cm³/mol. The van der Waals surface area contributed by atoms with Crippen molar-refractivity contribution in [3.63, 3.8) is 0 Å². The minimum atomic E-state index is 0.00968. The SMILES string of the molecule is CC(C)(C)c1cc2[nH]nnc2nc1C(C)(C)C. The number of fused-ring (bicyclic) bond motifs is 1. The molecule has 0 aliphatic heterocycles. The molecule has 0 aliphatic rings. The Bertz CT molecular complexity index is 493. The summed E-state index contributed by atoms with van der Waals surface area (Å²) in [5.74, 6) is 0. The van der Waals surface area contributed by atoms with Crippen LogP contribution in [0.15, 0.2) is 6.07 Å². The monoisotopic (exact) mass is 232 g/mol. The van der Waals surface area contributed by atoms with E-state index in [4.69, 9.17) is 0 Å². The van der Waals surface area contributed by atoms with Crippen LogP contribution in [-0.2, 0) is 10.8 Å². The highest BCUT2D eigenvalue weighted by Crippen LogP contribution is 2.33. The van der Waals surface area contributed by atoms with Crippen LogP contribution in [0.1, 0.15) is 52.8 Å². The third-order valence-electron chi connectivity index (χ3n) is 2.84. The van der Waals surface area contributed by atoms with Crippen molar-refractivity contribution in [2.75, 3.05) is 0 Å². The number of nitrogens with zero attached hydrogens (tertiary/aromatic N) is 3. The van der Waals surface area contributed by atoms with Gasteiger partial charge < -0.3 is 0 Å². The van der Waals surface area contributed by atoms with Crippen molar-refractivity contribution in [2.45, 2.75) is 52.4 Å². The zero-order valence-corrected chi connectivity index (χ0v) is 11.4. The van der Waals surface area contributed by atoms with Gasteiger partial charge in [0.2, 0.25) is 5.65 Å². The highest BCUT2D eigenvalue weighted by atomic mass is 15.3. The maximum Gasteiger partial charge on any atom is 0.201 e. The number of rotatable bonds is 0. The van der Waals surface area contributed by atoms with Gasteiger partial charge in [0.1, 0.15) is 5.52 Å². The lowest BCUT2D eigenvalue weighted by Crippen LogP contribution is -2.23. The second kappa shape index (κ2) is 3.52. The zero-order valence-electron chi connectivity index (χ0n) is 11.4. The number of aromatic amines is 1. The topological polar surface area (TPSA) is 54.5 Å². The van der Waals surface area contributed by atoms with E-state index in [0.717, 1.165) is 11.2 Å². The Morgan fingerprint density at radius 2 is 1.65 bits per heavy atom. The molecule has 0 amide bonds. The summed E-state index contributed by atoms with van der Waals surface area (Å²) in [7, 11) is 0. The molecule has 4 heteroatoms. The molecule has 0 radical (unpaired) electrons. The first-order chi connectivity index (χ1) is 7.69. The van der Waals surface area contributed by atoms with Crippen LogP contribution in [0.3, 0.4) is 0 Å². The van der Waals surface area contributed by atoms with Gasteiger partial charge in [0, 0.05) is 5.41 Å². The van der Waals surface area contributed by atoms with E-state index in [0.29, 0.717) is 5.65 Å². The van der Waals surface area contributed by atoms with Gasteiger partial charge >= 0.3 is 0 Å². The molecule has 0 atom stereocenters. The molecule has 0 spiro atoms. The number of aromatic nitrogens is 4. The molecule has 0 aromatic carbocycles. The predicted octanol–water partition coefficient (Wildman–Crippen LogP) is 2.95. The lowest BCUT2D eigenvalue weighted by molar-refractivity contribution is 0.516. The van der Waals surface area contributed by atoms with Gasteiger partial charge in [-0.2, -0.15) is 0 Å². The Morgan fingerprint density at radius 3 is 2.18 bits per heavy atom. The quantitative estimate of drug-likeness (QED) is 0.759. The van der Waals surface area contributed by atoms with Gasteiger partial charge in [0.05, 0.1) is 5.69 Å². The Kier molecular flexibility index (Phi) is 2.49. The molecule has 2 rings (SSSR count). The van der Waals surface area contributed by atoms with Crippen LogP contribution in [0.4, 0.5) is 0 Å². The molecule has 0 unspecified atom stereocenters. The summed E-state index contributed by atoms with van der Waals surface area (Å²) in [5.41, 5.74) is 4.03. The molecule has 4 nitrogen and oxygen atoms in total. The molecule has 0 saturated heterocycles. The molecule has 0 bridgehead atoms. The van der Waals surface area contributed by atoms with Crippen LogP contribution in [0, 0.1) is 0 Å². The lowest BCUT2D eigenvalue weighted by atomic mass is 9.78. The highest BCUT2D eigenvalue weighted by Gasteiger charge is 2.27. The minimum Gasteiger partial charge on any atom is -0.256 e. The fourth-order valence-electron chi connectivity index (χ4n) is 1.93. The number of nitrogens with one attached hydrogen (secondary N) is 1. The number of hydrogen-bond acceptors (Lipinski definition) is 3. The Hall–Kier alpha value is -1.45. The van der Waals surface area contributed by atoms with Crippen molar-refractivity contribution < 1.29 is 0 Å². The van der Waals surface area contributed by atoms with E-state index in [-0.39, 0.29) is 10.8 Å². The molecule has 2 aromatic rings. The molecular weight excluding hydrogens is 212 g/mol. The standard InChI is InChI=1S/C13H20N4/c1-12(2,3)8-7-9-11(16-17-15-9)14-10(8)13(4,5)6/h7H,1-6H3,(H,14,15,16,17). The number of pyridine rings is 1. The zero-order chi connectivity index (χ0) is 12.8. The smallest absolute Gasteiger partial charge is 0.201 e. The van der Waals surface area contributed by atoms with Gasteiger partial charge in [0.15, 0.2) is 0 Å². The van der Waals surface area contributed by atoms with Crippen LogP contribution in [-0.4, -0.2) is 20.4 Å². The second-order valence-electron chi connectivity index (χ2n) is 6.57. The van der Waals surface area contributed by atoms with Crippen molar-refractivity contribution in [2.24, 2.45) is 0 Å². The summed E-state index contributed by atoms with van der Waals surface area (Å²) in [5, 5.41) is 10.7. The van der Waals surface area contributed by atoms with Crippen molar-refractivity contribution in [1.82, 2.24) is 20.4 Å². The van der Waals surface area contributed by atoms with E-state index in [1.54, 1.807) is 0 Å². The summed E-state index contributed by atoms with van der Waals surface area (Å²) in [4.78, 5) is 4.67. The molecule has 17 heavy (non-hydrogen) atoms. The largest absolute Gasteiger partial charge is 0.256 e. The van der Waals surface area contributed by atoms with E-state index in [1.165, 1.54) is 5.56 Å². The summed E-state index contributed by atoms with van der Waals surface area (Å²) in [6, 6.07) is 2.13. The maximum absolute atomic E-state index is 4.67. The van der Waals surface area contributed by atoms with Gasteiger partial charge in [-0.25, -0.2) is 4.98 Å². The third-order valence-corrected chi connectivity index (χ3v) is 2.84. The summed E-state index contributed by atoms with van der Waals surface area (Å²) in [6.45, 7) is 13.1. The van der Waals surface area contributed by atoms with Gasteiger partial charge in [-0.1, -0.05) is 46.8 Å². The molecule has 0 fully saturated rings. The normalized spacial score (nSPS) is 13.3. The summed E-state index contributed by atoms with van der Waals surface area (Å²) < 4.78 is 0. The van der Waals surface area contributed by atoms with Crippen LogP contribution < -0.4 is 0 Å². The van der Waals surface area contributed by atoms with Crippen molar-refractivity contribution >= 4 is 11.2 Å².